The molecule has 0 heterocycles. The van der Waals surface area contributed by atoms with Gasteiger partial charge in [-0.2, -0.15) is 5.26 Å². The number of amides is 1. The molecule has 0 bridgehead atoms. The van der Waals surface area contributed by atoms with Gasteiger partial charge >= 0.3 is 0 Å². The molecule has 1 aromatic carbocycles. The van der Waals surface area contributed by atoms with Crippen LogP contribution in [-0.2, 0) is 0 Å². The Bertz CT molecular complexity index is 576. The van der Waals surface area contributed by atoms with Gasteiger partial charge < -0.3 is 10.6 Å². The number of carbonyl (C=O) groups is 1. The van der Waals surface area contributed by atoms with E-state index in [1.54, 1.807) is 11.0 Å². The van der Waals surface area contributed by atoms with Crippen LogP contribution in [0.25, 0.3) is 0 Å². The molecule has 0 saturated carbocycles. The minimum absolute atomic E-state index is 0.0587. The molecule has 0 radical (unpaired) electrons. The molecule has 0 aromatic heterocycles. The monoisotopic (exact) mass is 269 g/mol. The predicted octanol–water partition coefficient (Wildman–Crippen LogP) is 1.68. The van der Waals surface area contributed by atoms with Crippen molar-refractivity contribution in [1.29, 1.82) is 5.26 Å². The second-order valence-corrected chi connectivity index (χ2v) is 4.28. The number of hydrogen-bond donors (Lipinski definition) is 1. The Balaban J connectivity index is 3.06. The number of nitrogens with zero attached hydrogens (tertiary/aromatic N) is 2. The van der Waals surface area contributed by atoms with E-state index in [2.05, 4.69) is 17.9 Å². The first kappa shape index (κ1) is 15.8. The van der Waals surface area contributed by atoms with Crippen LogP contribution in [0.2, 0.25) is 0 Å². The van der Waals surface area contributed by atoms with Crippen LogP contribution >= 0.6 is 0 Å². The van der Waals surface area contributed by atoms with Crippen molar-refractivity contribution in [1.82, 2.24) is 4.90 Å². The normalized spacial score (nSPS) is 9.30. The van der Waals surface area contributed by atoms with Gasteiger partial charge in [-0.05, 0) is 31.5 Å². The second kappa shape index (κ2) is 7.99. The highest BCUT2D eigenvalue weighted by Gasteiger charge is 2.16. The lowest BCUT2D eigenvalue weighted by Crippen LogP contribution is -2.32. The van der Waals surface area contributed by atoms with E-state index in [1.807, 2.05) is 26.0 Å². The van der Waals surface area contributed by atoms with E-state index in [4.69, 9.17) is 11.0 Å². The predicted molar refractivity (Wildman–Crippen MR) is 78.9 cm³/mol. The average Bonchev–Trinajstić information content (AvgIpc) is 2.46. The van der Waals surface area contributed by atoms with Gasteiger partial charge in [-0.25, -0.2) is 0 Å². The summed E-state index contributed by atoms with van der Waals surface area (Å²) in [6.07, 6.45) is 0.339. The number of carbonyl (C=O) groups excluding carboxylic acids is 1. The van der Waals surface area contributed by atoms with Gasteiger partial charge in [-0.15, -0.1) is 0 Å². The molecule has 1 aromatic rings. The first-order valence-corrected chi connectivity index (χ1v) is 6.60. The highest BCUT2D eigenvalue weighted by atomic mass is 16.2. The molecular formula is C16H19N3O. The van der Waals surface area contributed by atoms with Crippen LogP contribution < -0.4 is 5.73 Å². The zero-order valence-corrected chi connectivity index (χ0v) is 11.9. The summed E-state index contributed by atoms with van der Waals surface area (Å²) < 4.78 is 0. The van der Waals surface area contributed by atoms with Crippen LogP contribution in [0.5, 0.6) is 0 Å². The number of nitrogens with two attached hydrogens (primary N) is 1. The maximum absolute atomic E-state index is 12.5. The Morgan fingerprint density at radius 2 is 2.20 bits per heavy atom. The molecule has 1 rings (SSSR count). The van der Waals surface area contributed by atoms with E-state index in [1.165, 1.54) is 0 Å². The van der Waals surface area contributed by atoms with Crippen molar-refractivity contribution < 1.29 is 4.79 Å². The lowest BCUT2D eigenvalue weighted by Gasteiger charge is -2.20. The molecule has 0 saturated heterocycles. The van der Waals surface area contributed by atoms with E-state index in [0.29, 0.717) is 31.6 Å². The highest BCUT2D eigenvalue weighted by molar-refractivity contribution is 5.96. The lowest BCUT2D eigenvalue weighted by atomic mass is 10.0. The first-order valence-electron chi connectivity index (χ1n) is 6.60. The van der Waals surface area contributed by atoms with Gasteiger partial charge in [0.15, 0.2) is 0 Å². The molecule has 0 unspecified atom stereocenters. The maximum atomic E-state index is 12.5. The minimum atomic E-state index is -0.0587. The summed E-state index contributed by atoms with van der Waals surface area (Å²) in [5, 5.41) is 8.64. The van der Waals surface area contributed by atoms with Crippen molar-refractivity contribution in [3.63, 3.8) is 0 Å². The van der Waals surface area contributed by atoms with Crippen molar-refractivity contribution in [3.05, 3.63) is 34.9 Å². The molecule has 0 atom stereocenters. The summed E-state index contributed by atoms with van der Waals surface area (Å²) in [4.78, 5) is 14.1. The summed E-state index contributed by atoms with van der Waals surface area (Å²) >= 11 is 0. The van der Waals surface area contributed by atoms with E-state index in [0.717, 1.165) is 11.1 Å². The smallest absolute Gasteiger partial charge is 0.254 e. The minimum Gasteiger partial charge on any atom is -0.338 e. The summed E-state index contributed by atoms with van der Waals surface area (Å²) in [6.45, 7) is 5.11. The highest BCUT2D eigenvalue weighted by Crippen LogP contribution is 2.15. The summed E-state index contributed by atoms with van der Waals surface area (Å²) in [6, 6.07) is 7.55. The van der Waals surface area contributed by atoms with Gasteiger partial charge in [-0.1, -0.05) is 17.9 Å². The fourth-order valence-electron chi connectivity index (χ4n) is 1.91. The zero-order chi connectivity index (χ0) is 15.0. The molecule has 0 aliphatic heterocycles. The van der Waals surface area contributed by atoms with Crippen LogP contribution in [-0.4, -0.2) is 30.4 Å². The Kier molecular flexibility index (Phi) is 6.29. The van der Waals surface area contributed by atoms with Gasteiger partial charge in [0.05, 0.1) is 19.0 Å². The van der Waals surface area contributed by atoms with E-state index >= 15 is 0 Å². The van der Waals surface area contributed by atoms with Crippen molar-refractivity contribution in [3.8, 4) is 17.9 Å². The van der Waals surface area contributed by atoms with E-state index in [-0.39, 0.29) is 5.91 Å². The molecule has 1 amide bonds. The van der Waals surface area contributed by atoms with Crippen molar-refractivity contribution in [2.24, 2.45) is 5.73 Å². The maximum Gasteiger partial charge on any atom is 0.254 e. The van der Waals surface area contributed by atoms with Crippen molar-refractivity contribution >= 4 is 5.91 Å². The quantitative estimate of drug-likeness (QED) is 0.845. The Labute approximate surface area is 120 Å². The third-order valence-corrected chi connectivity index (χ3v) is 3.05. The molecule has 0 aliphatic rings. The van der Waals surface area contributed by atoms with Gasteiger partial charge in [-0.3, -0.25) is 4.79 Å². The fourth-order valence-corrected chi connectivity index (χ4v) is 1.91. The first-order chi connectivity index (χ1) is 9.65. The van der Waals surface area contributed by atoms with Crippen molar-refractivity contribution in [2.75, 3.05) is 19.6 Å². The standard InChI is InChI=1S/C16H19N3O/c1-3-19(12-6-11-18)16(20)15-9-4-7-14(13(15)2)8-5-10-17/h4,7,9H,3,6,10,12,17H2,1-2H3. The largest absolute Gasteiger partial charge is 0.338 e. The van der Waals surface area contributed by atoms with Gasteiger partial charge in [0, 0.05) is 24.2 Å². The van der Waals surface area contributed by atoms with Crippen LogP contribution in [0.15, 0.2) is 18.2 Å². The molecule has 2 N–H and O–H groups in total. The average molecular weight is 269 g/mol. The SMILES string of the molecule is CCN(CCC#N)C(=O)c1cccc(C#CCN)c1C. The molecule has 0 aliphatic carbocycles. The van der Waals surface area contributed by atoms with Crippen LogP contribution in [0.1, 0.15) is 34.8 Å². The van der Waals surface area contributed by atoms with Crippen LogP contribution in [0.4, 0.5) is 0 Å². The Morgan fingerprint density at radius 3 is 2.80 bits per heavy atom. The molecule has 0 spiro atoms. The molecule has 20 heavy (non-hydrogen) atoms. The Hall–Kier alpha value is -2.30. The number of hydrogen-bond acceptors (Lipinski definition) is 3. The topological polar surface area (TPSA) is 70.1 Å². The van der Waals surface area contributed by atoms with Gasteiger partial charge in [0.1, 0.15) is 0 Å². The summed E-state index contributed by atoms with van der Waals surface area (Å²) in [7, 11) is 0. The number of rotatable bonds is 4. The third kappa shape index (κ3) is 3.85. The van der Waals surface area contributed by atoms with E-state index in [9.17, 15) is 4.79 Å². The van der Waals surface area contributed by atoms with Crippen LogP contribution in [0.3, 0.4) is 0 Å². The Morgan fingerprint density at radius 1 is 1.45 bits per heavy atom. The molecule has 4 nitrogen and oxygen atoms in total. The number of benzene rings is 1. The molecule has 0 fully saturated rings. The second-order valence-electron chi connectivity index (χ2n) is 4.28. The summed E-state index contributed by atoms with van der Waals surface area (Å²) in [5.74, 6) is 5.71. The number of nitriles is 1. The fraction of sp³-hybridized carbons (Fsp3) is 0.375. The van der Waals surface area contributed by atoms with Gasteiger partial charge in [0.2, 0.25) is 0 Å². The summed E-state index contributed by atoms with van der Waals surface area (Å²) in [5.41, 5.74) is 7.68. The van der Waals surface area contributed by atoms with E-state index < -0.39 is 0 Å². The molecule has 4 heteroatoms. The van der Waals surface area contributed by atoms with Gasteiger partial charge in [0.25, 0.3) is 5.91 Å². The van der Waals surface area contributed by atoms with Crippen molar-refractivity contribution in [2.45, 2.75) is 20.3 Å². The lowest BCUT2D eigenvalue weighted by molar-refractivity contribution is 0.0767. The molecule has 104 valence electrons. The van der Waals surface area contributed by atoms with Crippen LogP contribution in [0, 0.1) is 30.1 Å². The molecular weight excluding hydrogens is 250 g/mol. The zero-order valence-electron chi connectivity index (χ0n) is 11.9. The third-order valence-electron chi connectivity index (χ3n) is 3.05.